The lowest BCUT2D eigenvalue weighted by molar-refractivity contribution is -0.0258. The van der Waals surface area contributed by atoms with Crippen LogP contribution in [0.25, 0.3) is 0 Å². The van der Waals surface area contributed by atoms with Crippen molar-refractivity contribution in [1.29, 1.82) is 5.26 Å². The van der Waals surface area contributed by atoms with Gasteiger partial charge in [0.2, 0.25) is 0 Å². The van der Waals surface area contributed by atoms with Crippen molar-refractivity contribution in [3.05, 3.63) is 29.3 Å². The molecule has 6 heteroatoms. The van der Waals surface area contributed by atoms with Gasteiger partial charge < -0.3 is 0 Å². The van der Waals surface area contributed by atoms with Crippen LogP contribution in [-0.4, -0.2) is 27.0 Å². The predicted molar refractivity (Wildman–Crippen MR) is 57.9 cm³/mol. The number of hydrogen-bond acceptors (Lipinski definition) is 4. The minimum Gasteiger partial charge on any atom is -0.288 e. The first-order chi connectivity index (χ1) is 7.43. The number of nitrogens with zero attached hydrogens (tertiary/aromatic N) is 2. The lowest BCUT2D eigenvalue weighted by Gasteiger charge is -2.15. The molecule has 0 aliphatic heterocycles. The molecule has 5 nitrogen and oxygen atoms in total. The molecular weight excluding hydrogens is 228 g/mol. The number of sulfonamides is 1. The number of aryl methyl sites for hydroxylation is 1. The Morgan fingerprint density at radius 1 is 1.44 bits per heavy atom. The van der Waals surface area contributed by atoms with Gasteiger partial charge in [-0.05, 0) is 30.7 Å². The van der Waals surface area contributed by atoms with Crippen molar-refractivity contribution in [3.63, 3.8) is 0 Å². The Labute approximate surface area is 94.9 Å². The Bertz CT molecular complexity index is 531. The Morgan fingerprint density at radius 2 is 2.06 bits per heavy atom. The van der Waals surface area contributed by atoms with E-state index in [1.807, 2.05) is 6.07 Å². The second kappa shape index (κ2) is 4.61. The molecular formula is C10H12N2O3S. The van der Waals surface area contributed by atoms with E-state index < -0.39 is 10.0 Å². The molecule has 86 valence electrons. The first-order valence-electron chi connectivity index (χ1n) is 4.47. The predicted octanol–water partition coefficient (Wildman–Crippen LogP) is 1.05. The maximum atomic E-state index is 11.9. The number of hydroxylamine groups is 1. The van der Waals surface area contributed by atoms with Gasteiger partial charge in [-0.25, -0.2) is 8.42 Å². The SMILES string of the molecule is CON(C)S(=O)(=O)c1ccc(C#N)cc1C. The summed E-state index contributed by atoms with van der Waals surface area (Å²) in [4.78, 5) is 4.80. The molecule has 0 saturated heterocycles. The molecule has 0 aliphatic carbocycles. The molecule has 0 fully saturated rings. The summed E-state index contributed by atoms with van der Waals surface area (Å²) in [6.45, 7) is 1.64. The summed E-state index contributed by atoms with van der Waals surface area (Å²) in [5.41, 5.74) is 0.944. The summed E-state index contributed by atoms with van der Waals surface area (Å²) in [5.74, 6) is 0. The lowest BCUT2D eigenvalue weighted by atomic mass is 10.2. The smallest absolute Gasteiger partial charge is 0.264 e. The monoisotopic (exact) mass is 240 g/mol. The minimum atomic E-state index is -3.64. The molecule has 0 heterocycles. The highest BCUT2D eigenvalue weighted by Crippen LogP contribution is 2.19. The van der Waals surface area contributed by atoms with E-state index in [-0.39, 0.29) is 4.90 Å². The highest BCUT2D eigenvalue weighted by molar-refractivity contribution is 7.89. The van der Waals surface area contributed by atoms with Gasteiger partial charge in [0.25, 0.3) is 10.0 Å². The van der Waals surface area contributed by atoms with Crippen molar-refractivity contribution in [2.24, 2.45) is 0 Å². The van der Waals surface area contributed by atoms with E-state index >= 15 is 0 Å². The zero-order valence-electron chi connectivity index (χ0n) is 9.26. The van der Waals surface area contributed by atoms with E-state index in [2.05, 4.69) is 4.84 Å². The molecule has 0 aromatic heterocycles. The van der Waals surface area contributed by atoms with E-state index in [4.69, 9.17) is 5.26 Å². The van der Waals surface area contributed by atoms with Gasteiger partial charge in [0.15, 0.2) is 0 Å². The molecule has 1 rings (SSSR count). The fourth-order valence-electron chi connectivity index (χ4n) is 1.25. The fraction of sp³-hybridized carbons (Fsp3) is 0.300. The summed E-state index contributed by atoms with van der Waals surface area (Å²) >= 11 is 0. The van der Waals surface area contributed by atoms with Crippen molar-refractivity contribution in [1.82, 2.24) is 4.47 Å². The molecule has 0 spiro atoms. The Morgan fingerprint density at radius 3 is 2.50 bits per heavy atom. The molecule has 0 unspecified atom stereocenters. The van der Waals surface area contributed by atoms with Crippen molar-refractivity contribution in [2.45, 2.75) is 11.8 Å². The zero-order valence-corrected chi connectivity index (χ0v) is 10.1. The molecule has 0 bridgehead atoms. The molecule has 16 heavy (non-hydrogen) atoms. The van der Waals surface area contributed by atoms with Crippen LogP contribution < -0.4 is 0 Å². The van der Waals surface area contributed by atoms with Crippen molar-refractivity contribution in [2.75, 3.05) is 14.2 Å². The summed E-state index contributed by atoms with van der Waals surface area (Å²) in [6, 6.07) is 6.34. The van der Waals surface area contributed by atoms with Crippen LogP contribution in [0.2, 0.25) is 0 Å². The highest BCUT2D eigenvalue weighted by Gasteiger charge is 2.22. The zero-order chi connectivity index (χ0) is 12.3. The fourth-order valence-corrected chi connectivity index (χ4v) is 2.42. The second-order valence-electron chi connectivity index (χ2n) is 3.19. The quantitative estimate of drug-likeness (QED) is 0.740. The molecule has 0 aliphatic rings. The Hall–Kier alpha value is -1.42. The molecule has 0 amide bonds. The maximum absolute atomic E-state index is 11.9. The standard InChI is InChI=1S/C10H12N2O3S/c1-8-6-9(7-11)4-5-10(8)16(13,14)12(2)15-3/h4-6H,1-3H3. The number of hydrogen-bond donors (Lipinski definition) is 0. The number of rotatable bonds is 3. The van der Waals surface area contributed by atoms with Gasteiger partial charge in [0, 0.05) is 7.05 Å². The molecule has 0 atom stereocenters. The van der Waals surface area contributed by atoms with Gasteiger partial charge in [-0.3, -0.25) is 4.84 Å². The minimum absolute atomic E-state index is 0.135. The first-order valence-corrected chi connectivity index (χ1v) is 5.91. The second-order valence-corrected chi connectivity index (χ2v) is 5.09. The average molecular weight is 240 g/mol. The van der Waals surface area contributed by atoms with Gasteiger partial charge in [-0.1, -0.05) is 4.47 Å². The number of benzene rings is 1. The summed E-state index contributed by atoms with van der Waals surface area (Å²) in [5, 5.41) is 8.68. The van der Waals surface area contributed by atoms with Crippen LogP contribution in [0.1, 0.15) is 11.1 Å². The maximum Gasteiger partial charge on any atom is 0.264 e. The molecule has 0 saturated carbocycles. The molecule has 0 N–H and O–H groups in total. The Balaban J connectivity index is 3.31. The third-order valence-corrected chi connectivity index (χ3v) is 4.02. The third kappa shape index (κ3) is 2.22. The average Bonchev–Trinajstić information content (AvgIpc) is 2.27. The van der Waals surface area contributed by atoms with Crippen LogP contribution >= 0.6 is 0 Å². The topological polar surface area (TPSA) is 70.4 Å². The highest BCUT2D eigenvalue weighted by atomic mass is 32.2. The van der Waals surface area contributed by atoms with E-state index in [0.29, 0.717) is 11.1 Å². The van der Waals surface area contributed by atoms with E-state index in [9.17, 15) is 8.42 Å². The van der Waals surface area contributed by atoms with Crippen LogP contribution in [0.5, 0.6) is 0 Å². The largest absolute Gasteiger partial charge is 0.288 e. The summed E-state index contributed by atoms with van der Waals surface area (Å²) < 4.78 is 24.6. The van der Waals surface area contributed by atoms with E-state index in [1.54, 1.807) is 6.92 Å². The van der Waals surface area contributed by atoms with Crippen molar-refractivity contribution < 1.29 is 13.3 Å². The normalized spacial score (nSPS) is 11.4. The van der Waals surface area contributed by atoms with Gasteiger partial charge in [0.1, 0.15) is 0 Å². The van der Waals surface area contributed by atoms with Crippen LogP contribution in [0.3, 0.4) is 0 Å². The summed E-state index contributed by atoms with van der Waals surface area (Å²) in [7, 11) is -1.06. The van der Waals surface area contributed by atoms with E-state index in [1.165, 1.54) is 32.4 Å². The summed E-state index contributed by atoms with van der Waals surface area (Å²) in [6.07, 6.45) is 0. The van der Waals surface area contributed by atoms with E-state index in [0.717, 1.165) is 4.47 Å². The van der Waals surface area contributed by atoms with Crippen LogP contribution in [0, 0.1) is 18.3 Å². The van der Waals surface area contributed by atoms with Gasteiger partial charge >= 0.3 is 0 Å². The van der Waals surface area contributed by atoms with Crippen molar-refractivity contribution >= 4 is 10.0 Å². The molecule has 1 aromatic rings. The van der Waals surface area contributed by atoms with Crippen LogP contribution in [0.4, 0.5) is 0 Å². The number of nitriles is 1. The molecule has 1 aromatic carbocycles. The van der Waals surface area contributed by atoms with Gasteiger partial charge in [0.05, 0.1) is 23.6 Å². The van der Waals surface area contributed by atoms with Crippen LogP contribution in [0.15, 0.2) is 23.1 Å². The Kier molecular flexibility index (Phi) is 3.65. The van der Waals surface area contributed by atoms with Gasteiger partial charge in [-0.15, -0.1) is 0 Å². The lowest BCUT2D eigenvalue weighted by Crippen LogP contribution is -2.26. The van der Waals surface area contributed by atoms with Crippen molar-refractivity contribution in [3.8, 4) is 6.07 Å². The van der Waals surface area contributed by atoms with Crippen LogP contribution in [-0.2, 0) is 14.9 Å². The third-order valence-electron chi connectivity index (χ3n) is 2.18. The first kappa shape index (κ1) is 12.6. The van der Waals surface area contributed by atoms with Gasteiger partial charge in [-0.2, -0.15) is 5.26 Å². The molecule has 0 radical (unpaired) electrons.